The molecule has 178 valence electrons. The van der Waals surface area contributed by atoms with Gasteiger partial charge < -0.3 is 10.4 Å². The lowest BCUT2D eigenvalue weighted by Gasteiger charge is -2.24. The molecule has 0 atom stereocenters. The molecule has 2 N–H and O–H groups in total. The third kappa shape index (κ3) is 5.35. The smallest absolute Gasteiger partial charge is 0.416 e. The Labute approximate surface area is 226 Å². The van der Waals surface area contributed by atoms with E-state index in [0.717, 1.165) is 9.37 Å². The number of aromatic nitrogens is 3. The molecule has 2 aromatic carbocycles. The van der Waals surface area contributed by atoms with Gasteiger partial charge >= 0.3 is 6.09 Å². The van der Waals surface area contributed by atoms with E-state index in [1.54, 1.807) is 49.4 Å². The number of halogens is 4. The van der Waals surface area contributed by atoms with Crippen molar-refractivity contribution in [3.63, 3.8) is 0 Å². The Morgan fingerprint density at radius 1 is 1.09 bits per heavy atom. The molecule has 0 unspecified atom stereocenters. The Morgan fingerprint density at radius 3 is 2.46 bits per heavy atom. The van der Waals surface area contributed by atoms with Gasteiger partial charge in [0.15, 0.2) is 5.82 Å². The van der Waals surface area contributed by atoms with E-state index in [1.807, 2.05) is 0 Å². The monoisotopic (exact) mass is 637 g/mol. The molecule has 2 amide bonds. The summed E-state index contributed by atoms with van der Waals surface area (Å²) in [6.45, 7) is 1.72. The van der Waals surface area contributed by atoms with Crippen molar-refractivity contribution in [1.82, 2.24) is 14.8 Å². The first-order valence-electron chi connectivity index (χ1n) is 9.92. The number of hydrogen-bond acceptors (Lipinski definition) is 4. The van der Waals surface area contributed by atoms with Crippen LogP contribution in [0.2, 0.25) is 10.0 Å². The maximum atomic E-state index is 13.4. The number of anilines is 3. The second-order valence-electron chi connectivity index (χ2n) is 7.24. The first kappa shape index (κ1) is 25.2. The van der Waals surface area contributed by atoms with Crippen LogP contribution in [0.4, 0.5) is 21.9 Å². The lowest BCUT2D eigenvalue weighted by Crippen LogP contribution is -2.26. The number of nitrogens with one attached hydrogen (secondary N) is 1. The van der Waals surface area contributed by atoms with Crippen LogP contribution in [-0.4, -0.2) is 31.9 Å². The fourth-order valence-corrected chi connectivity index (χ4v) is 4.50. The summed E-state index contributed by atoms with van der Waals surface area (Å²) in [5.41, 5.74) is 1.50. The number of hydrogen-bond donors (Lipinski definition) is 2. The van der Waals surface area contributed by atoms with Gasteiger partial charge in [-0.25, -0.2) is 19.4 Å². The Hall–Kier alpha value is -2.92. The molecule has 0 aliphatic heterocycles. The fraction of sp³-hybridized carbons (Fsp3) is 0.0435. The van der Waals surface area contributed by atoms with E-state index in [0.29, 0.717) is 25.9 Å². The van der Waals surface area contributed by atoms with Crippen molar-refractivity contribution < 1.29 is 14.7 Å². The van der Waals surface area contributed by atoms with Gasteiger partial charge in [-0.3, -0.25) is 4.79 Å². The second kappa shape index (κ2) is 10.4. The maximum Gasteiger partial charge on any atom is 0.416 e. The molecule has 35 heavy (non-hydrogen) atoms. The molecule has 0 fully saturated rings. The van der Waals surface area contributed by atoms with Gasteiger partial charge in [0.05, 0.1) is 22.1 Å². The van der Waals surface area contributed by atoms with E-state index in [2.05, 4.69) is 47.3 Å². The molecular weight excluding hydrogens is 625 g/mol. The summed E-state index contributed by atoms with van der Waals surface area (Å²) < 4.78 is 2.48. The predicted octanol–water partition coefficient (Wildman–Crippen LogP) is 7.48. The van der Waals surface area contributed by atoms with E-state index in [9.17, 15) is 14.7 Å². The standard InChI is InChI=1S/C23H15Br2Cl2N5O3/c1-12-9-14(26)10-17(31(23(34)35)15-6-4-13(24)5-7-15)20(12)29-22(33)18-11-19(25)30-32(18)21-16(27)3-2-8-28-21/h2-11H,1H3,(H,29,33)(H,34,35). The van der Waals surface area contributed by atoms with E-state index < -0.39 is 12.0 Å². The van der Waals surface area contributed by atoms with E-state index in [1.165, 1.54) is 23.0 Å². The number of pyridine rings is 1. The van der Waals surface area contributed by atoms with Gasteiger partial charge in [-0.2, -0.15) is 5.10 Å². The van der Waals surface area contributed by atoms with Crippen molar-refractivity contribution in [2.75, 3.05) is 10.2 Å². The molecule has 0 saturated carbocycles. The van der Waals surface area contributed by atoms with Gasteiger partial charge in [-0.05, 0) is 76.9 Å². The summed E-state index contributed by atoms with van der Waals surface area (Å²) in [5.74, 6) is -0.294. The normalized spacial score (nSPS) is 10.8. The number of carboxylic acid groups (broad SMARTS) is 1. The highest BCUT2D eigenvalue weighted by molar-refractivity contribution is 9.10. The Morgan fingerprint density at radius 2 is 1.80 bits per heavy atom. The van der Waals surface area contributed by atoms with Crippen LogP contribution < -0.4 is 10.2 Å². The molecule has 0 aliphatic carbocycles. The van der Waals surface area contributed by atoms with Crippen LogP contribution in [0.5, 0.6) is 0 Å². The number of carbonyl (C=O) groups excluding carboxylic acids is 1. The number of aryl methyl sites for hydroxylation is 1. The second-order valence-corrected chi connectivity index (χ2v) is 9.81. The van der Waals surface area contributed by atoms with Crippen molar-refractivity contribution in [3.05, 3.63) is 91.2 Å². The minimum absolute atomic E-state index is 0.128. The molecule has 4 rings (SSSR count). The number of nitrogens with zero attached hydrogens (tertiary/aromatic N) is 4. The van der Waals surface area contributed by atoms with Gasteiger partial charge in [0.25, 0.3) is 5.91 Å². The summed E-state index contributed by atoms with van der Waals surface area (Å²) in [7, 11) is 0. The predicted molar refractivity (Wildman–Crippen MR) is 143 cm³/mol. The SMILES string of the molecule is Cc1cc(Cl)cc(N(C(=O)O)c2ccc(Br)cc2)c1NC(=O)c1cc(Br)nn1-c1ncccc1Cl. The first-order chi connectivity index (χ1) is 16.7. The molecule has 0 aliphatic rings. The van der Waals surface area contributed by atoms with E-state index in [4.69, 9.17) is 23.2 Å². The highest BCUT2D eigenvalue weighted by Crippen LogP contribution is 2.38. The lowest BCUT2D eigenvalue weighted by molar-refractivity contribution is 0.101. The molecule has 12 heteroatoms. The fourth-order valence-electron chi connectivity index (χ4n) is 3.39. The number of benzene rings is 2. The Balaban J connectivity index is 1.80. The van der Waals surface area contributed by atoms with E-state index in [-0.39, 0.29) is 22.9 Å². The van der Waals surface area contributed by atoms with Crippen molar-refractivity contribution in [2.24, 2.45) is 0 Å². The topological polar surface area (TPSA) is 100 Å². The molecule has 8 nitrogen and oxygen atoms in total. The zero-order chi connectivity index (χ0) is 25.3. The van der Waals surface area contributed by atoms with Crippen molar-refractivity contribution in [1.29, 1.82) is 0 Å². The number of amides is 2. The van der Waals surface area contributed by atoms with Crippen LogP contribution in [0.3, 0.4) is 0 Å². The van der Waals surface area contributed by atoms with Crippen molar-refractivity contribution >= 4 is 84.1 Å². The van der Waals surface area contributed by atoms with Crippen LogP contribution in [0.25, 0.3) is 5.82 Å². The summed E-state index contributed by atoms with van der Waals surface area (Å²) in [5, 5.41) is 17.8. The van der Waals surface area contributed by atoms with Gasteiger partial charge in [-0.1, -0.05) is 39.1 Å². The van der Waals surface area contributed by atoms with Crippen molar-refractivity contribution in [2.45, 2.75) is 6.92 Å². The third-order valence-corrected chi connectivity index (χ3v) is 6.32. The molecule has 2 heterocycles. The number of carbonyl (C=O) groups is 2. The molecule has 0 bridgehead atoms. The quantitative estimate of drug-likeness (QED) is 0.236. The van der Waals surface area contributed by atoms with Crippen molar-refractivity contribution in [3.8, 4) is 5.82 Å². The van der Waals surface area contributed by atoms with Gasteiger partial charge in [0.1, 0.15) is 10.3 Å². The number of rotatable bonds is 5. The summed E-state index contributed by atoms with van der Waals surface area (Å²) in [6, 6.07) is 14.6. The minimum atomic E-state index is -1.25. The van der Waals surface area contributed by atoms with Gasteiger partial charge in [-0.15, -0.1) is 0 Å². The van der Waals surface area contributed by atoms with Crippen LogP contribution in [0, 0.1) is 6.92 Å². The van der Waals surface area contributed by atoms with Crippen LogP contribution in [0.15, 0.2) is 69.9 Å². The molecule has 0 spiro atoms. The summed E-state index contributed by atoms with van der Waals surface area (Å²) >= 11 is 19.2. The van der Waals surface area contributed by atoms with Crippen LogP contribution >= 0.6 is 55.1 Å². The minimum Gasteiger partial charge on any atom is -0.464 e. The lowest BCUT2D eigenvalue weighted by atomic mass is 10.1. The van der Waals surface area contributed by atoms with Crippen LogP contribution in [-0.2, 0) is 0 Å². The van der Waals surface area contributed by atoms with E-state index >= 15 is 0 Å². The highest BCUT2D eigenvalue weighted by Gasteiger charge is 2.25. The summed E-state index contributed by atoms with van der Waals surface area (Å²) in [4.78, 5) is 31.0. The van der Waals surface area contributed by atoms with Gasteiger partial charge in [0, 0.05) is 21.8 Å². The average molecular weight is 640 g/mol. The largest absolute Gasteiger partial charge is 0.464 e. The zero-order valence-corrected chi connectivity index (χ0v) is 22.5. The molecule has 4 aromatic rings. The Kier molecular flexibility index (Phi) is 7.46. The maximum absolute atomic E-state index is 13.4. The molecule has 2 aromatic heterocycles. The molecule has 0 saturated heterocycles. The third-order valence-electron chi connectivity index (χ3n) is 4.89. The average Bonchev–Trinajstić information content (AvgIpc) is 3.19. The first-order valence-corrected chi connectivity index (χ1v) is 12.3. The molecule has 0 radical (unpaired) electrons. The molecular formula is C23H15Br2Cl2N5O3. The summed E-state index contributed by atoms with van der Waals surface area (Å²) in [6.07, 6.45) is 0.278. The zero-order valence-electron chi connectivity index (χ0n) is 17.8. The van der Waals surface area contributed by atoms with Crippen LogP contribution in [0.1, 0.15) is 16.1 Å². The Bertz CT molecular complexity index is 1440. The highest BCUT2D eigenvalue weighted by atomic mass is 79.9. The van der Waals surface area contributed by atoms with Gasteiger partial charge in [0.2, 0.25) is 0 Å².